The number of fused-ring (bicyclic) bond motifs is 1. The molecule has 0 radical (unpaired) electrons. The summed E-state index contributed by atoms with van der Waals surface area (Å²) in [6.07, 6.45) is 2.99. The van der Waals surface area contributed by atoms with Crippen molar-refractivity contribution < 1.29 is 19.1 Å². The number of carbonyl (C=O) groups excluding carboxylic acids is 2. The van der Waals surface area contributed by atoms with Crippen LogP contribution < -0.4 is 0 Å². The van der Waals surface area contributed by atoms with Gasteiger partial charge in [-0.2, -0.15) is 0 Å². The van der Waals surface area contributed by atoms with Crippen LogP contribution in [0.2, 0.25) is 5.02 Å². The first-order valence-electron chi connectivity index (χ1n) is 9.40. The molecule has 6 heteroatoms. The number of hydrogen-bond acceptors (Lipinski definition) is 5. The highest BCUT2D eigenvalue weighted by Crippen LogP contribution is 2.36. The van der Waals surface area contributed by atoms with Crippen LogP contribution in [0.3, 0.4) is 0 Å². The Morgan fingerprint density at radius 1 is 1.26 bits per heavy atom. The lowest BCUT2D eigenvalue weighted by atomic mass is 9.75. The molecule has 1 aromatic heterocycles. The van der Waals surface area contributed by atoms with Crippen molar-refractivity contribution >= 4 is 45.0 Å². The highest BCUT2D eigenvalue weighted by atomic mass is 35.5. The molecule has 1 aliphatic carbocycles. The first-order chi connectivity index (χ1) is 12.9. The highest BCUT2D eigenvalue weighted by Gasteiger charge is 2.33. The van der Waals surface area contributed by atoms with E-state index in [9.17, 15) is 9.59 Å². The minimum Gasteiger partial charge on any atom is -0.460 e. The van der Waals surface area contributed by atoms with Gasteiger partial charge in [-0.25, -0.2) is 9.59 Å². The monoisotopic (exact) mass is 408 g/mol. The fraction of sp³-hybridized carbons (Fsp3) is 0.524. The Morgan fingerprint density at radius 2 is 2.00 bits per heavy atom. The lowest BCUT2D eigenvalue weighted by Crippen LogP contribution is -2.36. The molecule has 1 fully saturated rings. The van der Waals surface area contributed by atoms with Crippen molar-refractivity contribution in [1.82, 2.24) is 0 Å². The lowest BCUT2D eigenvalue weighted by molar-refractivity contribution is -0.159. The Morgan fingerprint density at radius 3 is 2.70 bits per heavy atom. The van der Waals surface area contributed by atoms with Gasteiger partial charge in [0.25, 0.3) is 0 Å². The summed E-state index contributed by atoms with van der Waals surface area (Å²) >= 11 is 7.55. The molecule has 27 heavy (non-hydrogen) atoms. The predicted octanol–water partition coefficient (Wildman–Crippen LogP) is 5.72. The molecule has 0 aliphatic heterocycles. The van der Waals surface area contributed by atoms with E-state index in [0.717, 1.165) is 29.3 Å². The summed E-state index contributed by atoms with van der Waals surface area (Å²) in [6, 6.07) is 7.50. The molecular formula is C21H25ClO4S. The average Bonchev–Trinajstić information content (AvgIpc) is 2.97. The zero-order chi connectivity index (χ0) is 19.6. The van der Waals surface area contributed by atoms with Gasteiger partial charge in [-0.1, -0.05) is 57.0 Å². The van der Waals surface area contributed by atoms with E-state index >= 15 is 0 Å². The molecule has 4 nitrogen and oxygen atoms in total. The molecule has 0 unspecified atom stereocenters. The Labute approximate surface area is 168 Å². The summed E-state index contributed by atoms with van der Waals surface area (Å²) in [5.74, 6) is 0.270. The van der Waals surface area contributed by atoms with Gasteiger partial charge in [-0.3, -0.25) is 0 Å². The van der Waals surface area contributed by atoms with Crippen molar-refractivity contribution in [2.75, 3.05) is 6.61 Å². The number of esters is 2. The molecule has 0 saturated heterocycles. The van der Waals surface area contributed by atoms with Crippen LogP contribution in [0.1, 0.15) is 49.7 Å². The van der Waals surface area contributed by atoms with Crippen molar-refractivity contribution in [2.45, 2.75) is 46.1 Å². The van der Waals surface area contributed by atoms with Crippen LogP contribution in [0.4, 0.5) is 0 Å². The summed E-state index contributed by atoms with van der Waals surface area (Å²) in [7, 11) is 0. The molecule has 0 spiro atoms. The van der Waals surface area contributed by atoms with E-state index in [2.05, 4.69) is 20.8 Å². The van der Waals surface area contributed by atoms with E-state index in [4.69, 9.17) is 21.1 Å². The number of ether oxygens (including phenoxy) is 2. The van der Waals surface area contributed by atoms with Crippen LogP contribution in [0.5, 0.6) is 0 Å². The van der Waals surface area contributed by atoms with E-state index in [1.54, 1.807) is 0 Å². The maximum Gasteiger partial charge on any atom is 0.350 e. The van der Waals surface area contributed by atoms with Crippen LogP contribution >= 0.6 is 22.9 Å². The second-order valence-electron chi connectivity index (χ2n) is 7.67. The van der Waals surface area contributed by atoms with E-state index in [0.29, 0.717) is 27.7 Å². The predicted molar refractivity (Wildman–Crippen MR) is 108 cm³/mol. The lowest BCUT2D eigenvalue weighted by Gasteiger charge is -2.36. The van der Waals surface area contributed by atoms with Gasteiger partial charge in [0.1, 0.15) is 11.0 Å². The average molecular weight is 409 g/mol. The Bertz CT molecular complexity index is 829. The molecule has 1 aliphatic rings. The quantitative estimate of drug-likeness (QED) is 0.594. The van der Waals surface area contributed by atoms with E-state index in [-0.39, 0.29) is 12.7 Å². The third kappa shape index (κ3) is 4.64. The Balaban J connectivity index is 1.59. The van der Waals surface area contributed by atoms with E-state index in [1.165, 1.54) is 11.3 Å². The second kappa shape index (κ2) is 8.61. The molecular weight excluding hydrogens is 384 g/mol. The normalized spacial score (nSPS) is 22.8. The maximum absolute atomic E-state index is 12.4. The topological polar surface area (TPSA) is 52.6 Å². The van der Waals surface area contributed by atoms with Gasteiger partial charge in [0.15, 0.2) is 6.61 Å². The van der Waals surface area contributed by atoms with E-state index in [1.807, 2.05) is 24.3 Å². The van der Waals surface area contributed by atoms with Crippen LogP contribution in [-0.4, -0.2) is 24.6 Å². The van der Waals surface area contributed by atoms with Crippen molar-refractivity contribution in [1.29, 1.82) is 0 Å². The Kier molecular flexibility index (Phi) is 6.43. The zero-order valence-electron chi connectivity index (χ0n) is 15.9. The second-order valence-corrected chi connectivity index (χ2v) is 9.10. The summed E-state index contributed by atoms with van der Waals surface area (Å²) in [6.45, 7) is 6.11. The van der Waals surface area contributed by atoms with Crippen LogP contribution in [-0.2, 0) is 14.3 Å². The van der Waals surface area contributed by atoms with Crippen molar-refractivity contribution in [2.24, 2.45) is 17.8 Å². The molecule has 0 amide bonds. The standard InChI is InChI=1S/C21H25ClO4S/c1-12(2)14-9-8-13(3)10-16(14)26-18(23)11-25-21(24)20-19(22)15-6-4-5-7-17(15)27-20/h4-7,12-14,16H,8-11H2,1-3H3/t13-,14-,16-/m1/s1. The largest absolute Gasteiger partial charge is 0.460 e. The van der Waals surface area contributed by atoms with Crippen LogP contribution in [0.15, 0.2) is 24.3 Å². The minimum absolute atomic E-state index is 0.104. The third-order valence-electron chi connectivity index (χ3n) is 5.29. The minimum atomic E-state index is -0.587. The van der Waals surface area contributed by atoms with Gasteiger partial charge in [-0.15, -0.1) is 11.3 Å². The van der Waals surface area contributed by atoms with Crippen molar-refractivity contribution in [3.63, 3.8) is 0 Å². The maximum atomic E-state index is 12.4. The van der Waals surface area contributed by atoms with Crippen LogP contribution in [0, 0.1) is 17.8 Å². The summed E-state index contributed by atoms with van der Waals surface area (Å²) in [4.78, 5) is 24.9. The molecule has 0 bridgehead atoms. The molecule has 3 atom stereocenters. The summed E-state index contributed by atoms with van der Waals surface area (Å²) in [5, 5.41) is 1.18. The SMILES string of the molecule is CC(C)[C@H]1CC[C@@H](C)C[C@H]1OC(=O)COC(=O)c1sc2ccccc2c1Cl. The van der Waals surface area contributed by atoms with Crippen molar-refractivity contribution in [3.05, 3.63) is 34.2 Å². The van der Waals surface area contributed by atoms with Gasteiger partial charge < -0.3 is 9.47 Å². The highest BCUT2D eigenvalue weighted by molar-refractivity contribution is 7.21. The van der Waals surface area contributed by atoms with Crippen molar-refractivity contribution in [3.8, 4) is 0 Å². The molecule has 0 N–H and O–H groups in total. The smallest absolute Gasteiger partial charge is 0.350 e. The fourth-order valence-electron chi connectivity index (χ4n) is 3.79. The number of halogens is 1. The number of thiophene rings is 1. The molecule has 3 rings (SSSR count). The van der Waals surface area contributed by atoms with E-state index < -0.39 is 11.9 Å². The molecule has 146 valence electrons. The number of rotatable bonds is 5. The van der Waals surface area contributed by atoms with Crippen LogP contribution in [0.25, 0.3) is 10.1 Å². The molecule has 1 aromatic carbocycles. The van der Waals surface area contributed by atoms with Gasteiger partial charge >= 0.3 is 11.9 Å². The fourth-order valence-corrected chi connectivity index (χ4v) is 5.19. The third-order valence-corrected chi connectivity index (χ3v) is 6.94. The Hall–Kier alpha value is -1.59. The van der Waals surface area contributed by atoms with Gasteiger partial charge in [0.2, 0.25) is 0 Å². The first-order valence-corrected chi connectivity index (χ1v) is 10.6. The molecule has 2 aromatic rings. The zero-order valence-corrected chi connectivity index (χ0v) is 17.4. The molecule has 1 heterocycles. The number of benzene rings is 1. The summed E-state index contributed by atoms with van der Waals surface area (Å²) < 4.78 is 11.8. The van der Waals surface area contributed by atoms with Gasteiger partial charge in [0.05, 0.1) is 5.02 Å². The van der Waals surface area contributed by atoms with Gasteiger partial charge in [-0.05, 0) is 36.7 Å². The first kappa shape index (κ1) is 20.2. The molecule has 1 saturated carbocycles. The number of hydrogen-bond donors (Lipinski definition) is 0. The summed E-state index contributed by atoms with van der Waals surface area (Å²) in [5.41, 5.74) is 0. The van der Waals surface area contributed by atoms with Gasteiger partial charge in [0, 0.05) is 10.1 Å². The number of carbonyl (C=O) groups is 2.